The number of carboxylic acids is 1. The lowest BCUT2D eigenvalue weighted by atomic mass is 10.3. The third-order valence-corrected chi connectivity index (χ3v) is 2.70. The van der Waals surface area contributed by atoms with Crippen molar-refractivity contribution >= 4 is 23.7 Å². The van der Waals surface area contributed by atoms with Crippen molar-refractivity contribution in [3.05, 3.63) is 0 Å². The van der Waals surface area contributed by atoms with Gasteiger partial charge in [0.05, 0.1) is 13.1 Å². The Bertz CT molecular complexity index is 397. The fourth-order valence-electron chi connectivity index (χ4n) is 1.38. The van der Waals surface area contributed by atoms with Crippen molar-refractivity contribution in [2.45, 2.75) is 13.3 Å². The molecule has 0 saturated heterocycles. The molecular formula is C12H21N3O5. The Kier molecular flexibility index (Phi) is 7.27. The van der Waals surface area contributed by atoms with Crippen LogP contribution in [0.3, 0.4) is 0 Å². The summed E-state index contributed by atoms with van der Waals surface area (Å²) in [4.78, 5) is 48.7. The van der Waals surface area contributed by atoms with Gasteiger partial charge in [-0.15, -0.1) is 0 Å². The molecule has 8 heteroatoms. The van der Waals surface area contributed by atoms with Crippen LogP contribution >= 0.6 is 0 Å². The maximum Gasteiger partial charge on any atom is 0.323 e. The highest BCUT2D eigenvalue weighted by Gasteiger charge is 2.19. The third kappa shape index (κ3) is 6.17. The summed E-state index contributed by atoms with van der Waals surface area (Å²) >= 11 is 0. The van der Waals surface area contributed by atoms with E-state index >= 15 is 0 Å². The first kappa shape index (κ1) is 17.9. The van der Waals surface area contributed by atoms with Gasteiger partial charge in [0.25, 0.3) is 0 Å². The molecule has 0 aromatic heterocycles. The van der Waals surface area contributed by atoms with Crippen LogP contribution in [0.1, 0.15) is 13.3 Å². The van der Waals surface area contributed by atoms with Crippen LogP contribution in [0.2, 0.25) is 0 Å². The number of nitrogens with zero attached hydrogens (tertiary/aromatic N) is 3. The highest BCUT2D eigenvalue weighted by atomic mass is 16.4. The Morgan fingerprint density at radius 1 is 0.750 bits per heavy atom. The van der Waals surface area contributed by atoms with Gasteiger partial charge in [-0.25, -0.2) is 0 Å². The second kappa shape index (κ2) is 8.13. The molecule has 0 aromatic carbocycles. The van der Waals surface area contributed by atoms with E-state index in [-0.39, 0.29) is 24.9 Å². The Hall–Kier alpha value is -2.12. The highest BCUT2D eigenvalue weighted by Crippen LogP contribution is 1.95. The van der Waals surface area contributed by atoms with E-state index in [0.717, 1.165) is 4.90 Å². The number of amides is 3. The van der Waals surface area contributed by atoms with Crippen molar-refractivity contribution in [3.8, 4) is 0 Å². The van der Waals surface area contributed by atoms with E-state index in [0.29, 0.717) is 6.42 Å². The van der Waals surface area contributed by atoms with Crippen LogP contribution in [0.4, 0.5) is 0 Å². The zero-order valence-electron chi connectivity index (χ0n) is 12.3. The van der Waals surface area contributed by atoms with Gasteiger partial charge in [-0.05, 0) is 0 Å². The molecule has 1 N–H and O–H groups in total. The van der Waals surface area contributed by atoms with Crippen molar-refractivity contribution in [2.24, 2.45) is 0 Å². The predicted molar refractivity (Wildman–Crippen MR) is 70.8 cm³/mol. The smallest absolute Gasteiger partial charge is 0.323 e. The fraction of sp³-hybridized carbons (Fsp3) is 0.667. The quantitative estimate of drug-likeness (QED) is 0.638. The molecular weight excluding hydrogens is 266 g/mol. The van der Waals surface area contributed by atoms with Crippen molar-refractivity contribution in [3.63, 3.8) is 0 Å². The van der Waals surface area contributed by atoms with E-state index in [1.54, 1.807) is 6.92 Å². The second-order valence-corrected chi connectivity index (χ2v) is 4.50. The summed E-state index contributed by atoms with van der Waals surface area (Å²) < 4.78 is 0. The van der Waals surface area contributed by atoms with Crippen LogP contribution in [0, 0.1) is 0 Å². The van der Waals surface area contributed by atoms with Crippen molar-refractivity contribution in [2.75, 3.05) is 40.8 Å². The summed E-state index contributed by atoms with van der Waals surface area (Å²) in [5.41, 5.74) is 0. The Balaban J connectivity index is 4.35. The number of hydrogen-bond acceptors (Lipinski definition) is 4. The van der Waals surface area contributed by atoms with Crippen LogP contribution in [-0.2, 0) is 19.2 Å². The van der Waals surface area contributed by atoms with Gasteiger partial charge >= 0.3 is 5.97 Å². The Labute approximate surface area is 117 Å². The SMILES string of the molecule is CCC(=O)N(C)CC(=O)N(C)CC(=O)N(C)CC(=O)O. The van der Waals surface area contributed by atoms with Gasteiger partial charge in [0.2, 0.25) is 17.7 Å². The third-order valence-electron chi connectivity index (χ3n) is 2.70. The minimum Gasteiger partial charge on any atom is -0.480 e. The molecule has 0 bridgehead atoms. The predicted octanol–water partition coefficient (Wildman–Crippen LogP) is -1.14. The topological polar surface area (TPSA) is 98.2 Å². The molecule has 0 fully saturated rings. The molecule has 0 radical (unpaired) electrons. The largest absolute Gasteiger partial charge is 0.480 e. The van der Waals surface area contributed by atoms with Crippen LogP contribution in [-0.4, -0.2) is 84.3 Å². The van der Waals surface area contributed by atoms with Gasteiger partial charge in [0.15, 0.2) is 0 Å². The monoisotopic (exact) mass is 287 g/mol. The first-order chi connectivity index (χ1) is 9.18. The van der Waals surface area contributed by atoms with E-state index in [2.05, 4.69) is 0 Å². The van der Waals surface area contributed by atoms with E-state index in [1.807, 2.05) is 0 Å². The molecule has 8 nitrogen and oxygen atoms in total. The number of rotatable bonds is 7. The maximum atomic E-state index is 11.8. The fourth-order valence-corrected chi connectivity index (χ4v) is 1.38. The number of carbonyl (C=O) groups is 4. The summed E-state index contributed by atoms with van der Waals surface area (Å²) in [6, 6.07) is 0. The van der Waals surface area contributed by atoms with Crippen LogP contribution in [0.15, 0.2) is 0 Å². The lowest BCUT2D eigenvalue weighted by Gasteiger charge is -2.23. The van der Waals surface area contributed by atoms with Gasteiger partial charge in [-0.3, -0.25) is 19.2 Å². The molecule has 0 aromatic rings. The van der Waals surface area contributed by atoms with E-state index in [1.165, 1.54) is 30.9 Å². The van der Waals surface area contributed by atoms with Crippen molar-refractivity contribution in [1.29, 1.82) is 0 Å². The molecule has 0 aliphatic heterocycles. The van der Waals surface area contributed by atoms with Gasteiger partial charge in [0, 0.05) is 27.6 Å². The van der Waals surface area contributed by atoms with Crippen LogP contribution < -0.4 is 0 Å². The standard InChI is InChI=1S/C12H21N3O5/c1-5-9(16)13(2)6-10(17)14(3)7-11(18)15(4)8-12(19)20/h5-8H2,1-4H3,(H,19,20). The number of hydrogen-bond donors (Lipinski definition) is 1. The minimum atomic E-state index is -1.12. The summed E-state index contributed by atoms with van der Waals surface area (Å²) in [6.07, 6.45) is 0.299. The highest BCUT2D eigenvalue weighted by molar-refractivity contribution is 5.89. The molecule has 0 atom stereocenters. The minimum absolute atomic E-state index is 0.112. The normalized spacial score (nSPS) is 9.80. The van der Waals surface area contributed by atoms with E-state index in [9.17, 15) is 19.2 Å². The zero-order valence-corrected chi connectivity index (χ0v) is 12.3. The summed E-state index contributed by atoms with van der Waals surface area (Å²) in [6.45, 7) is 0.933. The summed E-state index contributed by atoms with van der Waals surface area (Å²) in [5.74, 6) is -2.15. The first-order valence-corrected chi connectivity index (χ1v) is 6.12. The lowest BCUT2D eigenvalue weighted by molar-refractivity contribution is -0.146. The average molecular weight is 287 g/mol. The molecule has 0 heterocycles. The molecule has 0 aliphatic carbocycles. The lowest BCUT2D eigenvalue weighted by Crippen LogP contribution is -2.44. The molecule has 114 valence electrons. The molecule has 0 saturated carbocycles. The van der Waals surface area contributed by atoms with Crippen molar-refractivity contribution in [1.82, 2.24) is 14.7 Å². The number of carboxylic acid groups (broad SMARTS) is 1. The first-order valence-electron chi connectivity index (χ1n) is 6.12. The number of carbonyl (C=O) groups excluding carboxylic acids is 3. The molecule has 20 heavy (non-hydrogen) atoms. The number of aliphatic carboxylic acids is 1. The van der Waals surface area contributed by atoms with E-state index < -0.39 is 18.4 Å². The molecule has 3 amide bonds. The van der Waals surface area contributed by atoms with Gasteiger partial charge in [-0.2, -0.15) is 0 Å². The molecule has 0 spiro atoms. The van der Waals surface area contributed by atoms with E-state index in [4.69, 9.17) is 5.11 Å². The zero-order chi connectivity index (χ0) is 15.9. The second-order valence-electron chi connectivity index (χ2n) is 4.50. The van der Waals surface area contributed by atoms with Crippen molar-refractivity contribution < 1.29 is 24.3 Å². The number of likely N-dealkylation sites (N-methyl/N-ethyl adjacent to an activating group) is 3. The summed E-state index contributed by atoms with van der Waals surface area (Å²) in [7, 11) is 4.29. The summed E-state index contributed by atoms with van der Waals surface area (Å²) in [5, 5.41) is 8.56. The van der Waals surface area contributed by atoms with Gasteiger partial charge < -0.3 is 19.8 Å². The molecule has 0 aliphatic rings. The average Bonchev–Trinajstić information content (AvgIpc) is 2.36. The Morgan fingerprint density at radius 3 is 1.45 bits per heavy atom. The van der Waals surface area contributed by atoms with Gasteiger partial charge in [-0.1, -0.05) is 6.92 Å². The maximum absolute atomic E-state index is 11.8. The van der Waals surface area contributed by atoms with Crippen LogP contribution in [0.5, 0.6) is 0 Å². The van der Waals surface area contributed by atoms with Gasteiger partial charge in [0.1, 0.15) is 6.54 Å². The molecule has 0 rings (SSSR count). The van der Waals surface area contributed by atoms with Crippen LogP contribution in [0.25, 0.3) is 0 Å². The Morgan fingerprint density at radius 2 is 1.10 bits per heavy atom. The molecule has 0 unspecified atom stereocenters.